The molecular weight excluding hydrogens is 192 g/mol. The fourth-order valence-corrected chi connectivity index (χ4v) is 2.80. The Morgan fingerprint density at radius 3 is 2.67 bits per heavy atom. The number of aliphatic hydroxyl groups excluding tert-OH is 1. The van der Waals surface area contributed by atoms with Gasteiger partial charge in [0.05, 0.1) is 18.2 Å². The predicted molar refractivity (Wildman–Crippen MR) is 57.2 cm³/mol. The molecule has 0 spiro atoms. The number of carbonyl (C=O) groups is 1. The Hall–Kier alpha value is -0.610. The van der Waals surface area contributed by atoms with Crippen LogP contribution < -0.4 is 5.73 Å². The Balaban J connectivity index is 2.06. The van der Waals surface area contributed by atoms with Crippen molar-refractivity contribution in [2.75, 3.05) is 13.2 Å². The summed E-state index contributed by atoms with van der Waals surface area (Å²) in [6, 6.07) is 0.0125. The van der Waals surface area contributed by atoms with Crippen LogP contribution in [-0.2, 0) is 4.79 Å². The highest BCUT2D eigenvalue weighted by atomic mass is 16.3. The Bertz CT molecular complexity index is 249. The minimum absolute atomic E-state index is 0.0125. The third-order valence-corrected chi connectivity index (χ3v) is 3.77. The molecule has 0 aromatic rings. The van der Waals surface area contributed by atoms with E-state index >= 15 is 0 Å². The summed E-state index contributed by atoms with van der Waals surface area (Å²) in [5.74, 6) is 0.0663. The molecule has 1 saturated carbocycles. The molecule has 3 N–H and O–H groups in total. The lowest BCUT2D eigenvalue weighted by Crippen LogP contribution is -2.55. The van der Waals surface area contributed by atoms with Crippen molar-refractivity contribution in [2.45, 2.75) is 50.1 Å². The van der Waals surface area contributed by atoms with Crippen LogP contribution in [0.2, 0.25) is 0 Å². The third kappa shape index (κ3) is 1.88. The van der Waals surface area contributed by atoms with E-state index in [2.05, 4.69) is 0 Å². The molecule has 4 heteroatoms. The molecule has 0 aromatic carbocycles. The number of rotatable bonds is 2. The molecule has 1 atom stereocenters. The van der Waals surface area contributed by atoms with Gasteiger partial charge in [-0.1, -0.05) is 12.8 Å². The van der Waals surface area contributed by atoms with Crippen LogP contribution in [0, 0.1) is 0 Å². The molecule has 1 heterocycles. The van der Waals surface area contributed by atoms with Crippen molar-refractivity contribution in [3.63, 3.8) is 0 Å². The first-order valence-electron chi connectivity index (χ1n) is 5.88. The topological polar surface area (TPSA) is 66.6 Å². The largest absolute Gasteiger partial charge is 0.394 e. The zero-order chi connectivity index (χ0) is 10.9. The second-order valence-electron chi connectivity index (χ2n) is 4.84. The summed E-state index contributed by atoms with van der Waals surface area (Å²) in [4.78, 5) is 14.0. The van der Waals surface area contributed by atoms with Crippen molar-refractivity contribution in [2.24, 2.45) is 5.73 Å². The molecule has 2 aliphatic rings. The Labute approximate surface area is 90.4 Å². The zero-order valence-corrected chi connectivity index (χ0v) is 9.11. The fourth-order valence-electron chi connectivity index (χ4n) is 2.80. The molecule has 1 amide bonds. The van der Waals surface area contributed by atoms with Gasteiger partial charge in [0, 0.05) is 6.54 Å². The predicted octanol–water partition coefficient (Wildman–Crippen LogP) is 0.241. The quantitative estimate of drug-likeness (QED) is 0.689. The van der Waals surface area contributed by atoms with E-state index in [9.17, 15) is 9.90 Å². The normalized spacial score (nSPS) is 29.7. The number of amides is 1. The summed E-state index contributed by atoms with van der Waals surface area (Å²) in [5.41, 5.74) is 5.50. The fraction of sp³-hybridized carbons (Fsp3) is 0.909. The molecule has 1 unspecified atom stereocenters. The van der Waals surface area contributed by atoms with Crippen LogP contribution in [-0.4, -0.2) is 40.6 Å². The summed E-state index contributed by atoms with van der Waals surface area (Å²) in [6.45, 7) is 0.838. The van der Waals surface area contributed by atoms with Gasteiger partial charge < -0.3 is 15.7 Å². The van der Waals surface area contributed by atoms with Gasteiger partial charge in [-0.2, -0.15) is 0 Å². The maximum atomic E-state index is 12.2. The van der Waals surface area contributed by atoms with Gasteiger partial charge in [0.25, 0.3) is 0 Å². The Morgan fingerprint density at radius 2 is 2.07 bits per heavy atom. The van der Waals surface area contributed by atoms with Crippen LogP contribution >= 0.6 is 0 Å². The molecule has 15 heavy (non-hydrogen) atoms. The first-order valence-corrected chi connectivity index (χ1v) is 5.88. The molecule has 1 aliphatic carbocycles. The first kappa shape index (κ1) is 10.9. The maximum absolute atomic E-state index is 12.2. The number of likely N-dealkylation sites (tertiary alicyclic amines) is 1. The lowest BCUT2D eigenvalue weighted by atomic mass is 9.97. The van der Waals surface area contributed by atoms with Crippen LogP contribution in [0.1, 0.15) is 38.5 Å². The zero-order valence-electron chi connectivity index (χ0n) is 9.11. The van der Waals surface area contributed by atoms with E-state index in [-0.39, 0.29) is 18.6 Å². The van der Waals surface area contributed by atoms with Gasteiger partial charge in [0.15, 0.2) is 0 Å². The minimum Gasteiger partial charge on any atom is -0.394 e. The van der Waals surface area contributed by atoms with Crippen LogP contribution in [0.4, 0.5) is 0 Å². The second-order valence-corrected chi connectivity index (χ2v) is 4.84. The maximum Gasteiger partial charge on any atom is 0.242 e. The van der Waals surface area contributed by atoms with Crippen molar-refractivity contribution in [3.05, 3.63) is 0 Å². The molecule has 0 radical (unpaired) electrons. The van der Waals surface area contributed by atoms with Crippen molar-refractivity contribution in [1.82, 2.24) is 4.90 Å². The lowest BCUT2D eigenvalue weighted by Gasteiger charge is -2.32. The lowest BCUT2D eigenvalue weighted by molar-refractivity contribution is -0.138. The van der Waals surface area contributed by atoms with Crippen LogP contribution in [0.15, 0.2) is 0 Å². The Kier molecular flexibility index (Phi) is 2.98. The van der Waals surface area contributed by atoms with Gasteiger partial charge >= 0.3 is 0 Å². The molecule has 4 nitrogen and oxygen atoms in total. The van der Waals surface area contributed by atoms with Crippen LogP contribution in [0.25, 0.3) is 0 Å². The average molecular weight is 212 g/mol. The highest BCUT2D eigenvalue weighted by molar-refractivity contribution is 5.87. The molecule has 0 bridgehead atoms. The van der Waals surface area contributed by atoms with Crippen LogP contribution in [0.5, 0.6) is 0 Å². The molecule has 1 aliphatic heterocycles. The highest BCUT2D eigenvalue weighted by Gasteiger charge is 2.42. The van der Waals surface area contributed by atoms with E-state index in [0.717, 1.165) is 45.1 Å². The standard InChI is InChI=1S/C11H20N2O2/c12-11(5-1-2-6-11)10(15)13-7-3-4-9(13)8-14/h9,14H,1-8,12H2. The van der Waals surface area contributed by atoms with Gasteiger partial charge in [0.1, 0.15) is 0 Å². The first-order chi connectivity index (χ1) is 7.17. The highest BCUT2D eigenvalue weighted by Crippen LogP contribution is 2.31. The van der Waals surface area contributed by atoms with Gasteiger partial charge in [-0.05, 0) is 25.7 Å². The van der Waals surface area contributed by atoms with Gasteiger partial charge in [0.2, 0.25) is 5.91 Å². The molecular formula is C11H20N2O2. The number of aliphatic hydroxyl groups is 1. The molecule has 0 aromatic heterocycles. The van der Waals surface area contributed by atoms with E-state index in [1.807, 2.05) is 0 Å². The minimum atomic E-state index is -0.627. The van der Waals surface area contributed by atoms with E-state index in [0.29, 0.717) is 0 Å². The van der Waals surface area contributed by atoms with Crippen molar-refractivity contribution in [1.29, 1.82) is 0 Å². The monoisotopic (exact) mass is 212 g/mol. The van der Waals surface area contributed by atoms with Gasteiger partial charge in [-0.15, -0.1) is 0 Å². The van der Waals surface area contributed by atoms with Crippen molar-refractivity contribution in [3.8, 4) is 0 Å². The van der Waals surface area contributed by atoms with E-state index < -0.39 is 5.54 Å². The second kappa shape index (κ2) is 4.10. The number of hydrogen-bond donors (Lipinski definition) is 2. The average Bonchev–Trinajstić information content (AvgIpc) is 2.85. The third-order valence-electron chi connectivity index (χ3n) is 3.77. The van der Waals surface area contributed by atoms with E-state index in [4.69, 9.17) is 5.73 Å². The van der Waals surface area contributed by atoms with Gasteiger partial charge in [-0.25, -0.2) is 0 Å². The molecule has 2 rings (SSSR count). The van der Waals surface area contributed by atoms with E-state index in [1.54, 1.807) is 4.90 Å². The number of nitrogens with zero attached hydrogens (tertiary/aromatic N) is 1. The summed E-state index contributed by atoms with van der Waals surface area (Å²) >= 11 is 0. The summed E-state index contributed by atoms with van der Waals surface area (Å²) in [5, 5.41) is 9.18. The van der Waals surface area contributed by atoms with Crippen LogP contribution in [0.3, 0.4) is 0 Å². The smallest absolute Gasteiger partial charge is 0.242 e. The van der Waals surface area contributed by atoms with E-state index in [1.165, 1.54) is 0 Å². The molecule has 86 valence electrons. The Morgan fingerprint density at radius 1 is 1.40 bits per heavy atom. The SMILES string of the molecule is NC1(C(=O)N2CCCC2CO)CCCC1. The van der Waals surface area contributed by atoms with Crippen molar-refractivity contribution < 1.29 is 9.90 Å². The molecule has 1 saturated heterocycles. The molecule has 2 fully saturated rings. The summed E-state index contributed by atoms with van der Waals surface area (Å²) < 4.78 is 0. The van der Waals surface area contributed by atoms with Gasteiger partial charge in [-0.3, -0.25) is 4.79 Å². The summed E-state index contributed by atoms with van der Waals surface area (Å²) in [7, 11) is 0. The van der Waals surface area contributed by atoms with Crippen molar-refractivity contribution >= 4 is 5.91 Å². The number of carbonyl (C=O) groups excluding carboxylic acids is 1. The number of hydrogen-bond acceptors (Lipinski definition) is 3. The number of nitrogens with two attached hydrogens (primary N) is 1. The summed E-state index contributed by atoms with van der Waals surface area (Å²) in [6.07, 6.45) is 5.63.